The fraction of sp³-hybridized carbons (Fsp3) is 0.357. The number of nitrogens with zero attached hydrogens (tertiary/aromatic N) is 3. The second-order valence-electron chi connectivity index (χ2n) is 5.01. The quantitative estimate of drug-likeness (QED) is 0.854. The van der Waals surface area contributed by atoms with Gasteiger partial charge in [-0.3, -0.25) is 0 Å². The highest BCUT2D eigenvalue weighted by atomic mass is 32.2. The number of ether oxygens (including phenoxy) is 1. The van der Waals surface area contributed by atoms with E-state index in [1.54, 1.807) is 11.6 Å². The Morgan fingerprint density at radius 3 is 2.71 bits per heavy atom. The van der Waals surface area contributed by atoms with Crippen molar-refractivity contribution in [2.24, 2.45) is 7.05 Å². The molecule has 21 heavy (non-hydrogen) atoms. The number of hydrogen-bond donors (Lipinski definition) is 0. The Morgan fingerprint density at radius 2 is 2.05 bits per heavy atom. The van der Waals surface area contributed by atoms with E-state index in [1.165, 1.54) is 16.8 Å². The first-order valence-corrected chi connectivity index (χ1v) is 8.16. The topological polar surface area (TPSA) is 64.4 Å². The molecular formula is C14H17N3O3S. The molecule has 0 saturated carbocycles. The molecule has 7 heteroatoms. The fourth-order valence-electron chi connectivity index (χ4n) is 2.37. The summed E-state index contributed by atoms with van der Waals surface area (Å²) in [6, 6.07) is 9.66. The maximum absolute atomic E-state index is 12.6. The molecule has 1 atom stereocenters. The molecule has 0 bridgehead atoms. The van der Waals surface area contributed by atoms with Gasteiger partial charge in [0, 0.05) is 26.3 Å². The molecule has 0 radical (unpaired) electrons. The Labute approximate surface area is 124 Å². The highest BCUT2D eigenvalue weighted by Gasteiger charge is 2.32. The largest absolute Gasteiger partial charge is 0.371 e. The number of hydrogen-bond acceptors (Lipinski definition) is 4. The van der Waals surface area contributed by atoms with Gasteiger partial charge in [-0.15, -0.1) is 0 Å². The van der Waals surface area contributed by atoms with Crippen LogP contribution in [0.1, 0.15) is 11.7 Å². The normalized spacial score (nSPS) is 20.5. The standard InChI is InChI=1S/C14H17N3O3S/c1-16-10-14(15-11-16)21(18,19)17-7-8-20-13(9-17)12-5-3-2-4-6-12/h2-6,10-11,13H,7-9H2,1H3/t13-/m1/s1. The molecule has 0 N–H and O–H groups in total. The van der Waals surface area contributed by atoms with E-state index in [-0.39, 0.29) is 11.1 Å². The average molecular weight is 307 g/mol. The van der Waals surface area contributed by atoms with Crippen molar-refractivity contribution in [1.29, 1.82) is 0 Å². The minimum absolute atomic E-state index is 0.0821. The van der Waals surface area contributed by atoms with Crippen LogP contribution in [-0.4, -0.2) is 42.0 Å². The summed E-state index contributed by atoms with van der Waals surface area (Å²) in [7, 11) is -1.81. The minimum Gasteiger partial charge on any atom is -0.371 e. The molecule has 0 unspecified atom stereocenters. The van der Waals surface area contributed by atoms with Crippen molar-refractivity contribution in [3.05, 3.63) is 48.4 Å². The van der Waals surface area contributed by atoms with Gasteiger partial charge >= 0.3 is 0 Å². The number of imidazole rings is 1. The van der Waals surface area contributed by atoms with Crippen molar-refractivity contribution >= 4 is 10.0 Å². The van der Waals surface area contributed by atoms with Crippen LogP contribution < -0.4 is 0 Å². The Bertz CT molecular complexity index is 712. The molecule has 1 aromatic heterocycles. The molecule has 6 nitrogen and oxygen atoms in total. The number of rotatable bonds is 3. The van der Waals surface area contributed by atoms with Crippen molar-refractivity contribution in [2.45, 2.75) is 11.1 Å². The third-order valence-electron chi connectivity index (χ3n) is 3.49. The molecule has 3 rings (SSSR count). The van der Waals surface area contributed by atoms with Gasteiger partial charge in [0.1, 0.15) is 0 Å². The second-order valence-corrected chi connectivity index (χ2v) is 6.90. The summed E-state index contributed by atoms with van der Waals surface area (Å²) in [5.74, 6) is 0. The van der Waals surface area contributed by atoms with Crippen molar-refractivity contribution in [1.82, 2.24) is 13.9 Å². The minimum atomic E-state index is -3.56. The van der Waals surface area contributed by atoms with Gasteiger partial charge in [-0.2, -0.15) is 4.31 Å². The zero-order chi connectivity index (χ0) is 14.9. The Hall–Kier alpha value is -1.70. The van der Waals surface area contributed by atoms with E-state index in [0.717, 1.165) is 5.56 Å². The molecule has 1 aliphatic rings. The fourth-order valence-corrected chi connectivity index (χ4v) is 3.76. The lowest BCUT2D eigenvalue weighted by atomic mass is 10.1. The van der Waals surface area contributed by atoms with E-state index in [0.29, 0.717) is 19.7 Å². The number of benzene rings is 1. The molecule has 1 aromatic carbocycles. The summed E-state index contributed by atoms with van der Waals surface area (Å²) in [5.41, 5.74) is 0.985. The highest BCUT2D eigenvalue weighted by molar-refractivity contribution is 7.89. The average Bonchev–Trinajstić information content (AvgIpc) is 2.96. The Morgan fingerprint density at radius 1 is 1.29 bits per heavy atom. The van der Waals surface area contributed by atoms with Gasteiger partial charge in [-0.25, -0.2) is 13.4 Å². The highest BCUT2D eigenvalue weighted by Crippen LogP contribution is 2.25. The van der Waals surface area contributed by atoms with Gasteiger partial charge < -0.3 is 9.30 Å². The second kappa shape index (κ2) is 5.59. The zero-order valence-corrected chi connectivity index (χ0v) is 12.5. The number of aryl methyl sites for hydroxylation is 1. The van der Waals surface area contributed by atoms with Crippen molar-refractivity contribution in [3.8, 4) is 0 Å². The monoisotopic (exact) mass is 307 g/mol. The predicted molar refractivity (Wildman–Crippen MR) is 77.1 cm³/mol. The number of morpholine rings is 1. The maximum atomic E-state index is 12.6. The van der Waals surface area contributed by atoms with Crippen LogP contribution in [0.3, 0.4) is 0 Å². The summed E-state index contributed by atoms with van der Waals surface area (Å²) >= 11 is 0. The van der Waals surface area contributed by atoms with E-state index in [4.69, 9.17) is 4.74 Å². The van der Waals surface area contributed by atoms with Crippen LogP contribution in [0.4, 0.5) is 0 Å². The third kappa shape index (κ3) is 2.85. The van der Waals surface area contributed by atoms with Crippen LogP contribution in [0, 0.1) is 0 Å². The lowest BCUT2D eigenvalue weighted by molar-refractivity contribution is -0.00261. The van der Waals surface area contributed by atoms with Crippen LogP contribution >= 0.6 is 0 Å². The lowest BCUT2D eigenvalue weighted by Crippen LogP contribution is -2.42. The van der Waals surface area contributed by atoms with Gasteiger partial charge in [0.05, 0.1) is 19.0 Å². The van der Waals surface area contributed by atoms with Crippen molar-refractivity contribution in [3.63, 3.8) is 0 Å². The van der Waals surface area contributed by atoms with E-state index >= 15 is 0 Å². The van der Waals surface area contributed by atoms with E-state index in [1.807, 2.05) is 30.3 Å². The molecule has 2 aromatic rings. The Balaban J connectivity index is 1.83. The van der Waals surface area contributed by atoms with E-state index in [9.17, 15) is 8.42 Å². The first-order chi connectivity index (χ1) is 10.1. The van der Waals surface area contributed by atoms with E-state index in [2.05, 4.69) is 4.98 Å². The van der Waals surface area contributed by atoms with E-state index < -0.39 is 10.0 Å². The van der Waals surface area contributed by atoms with Crippen LogP contribution in [-0.2, 0) is 21.8 Å². The number of sulfonamides is 1. The van der Waals surface area contributed by atoms with Gasteiger partial charge in [0.25, 0.3) is 10.0 Å². The summed E-state index contributed by atoms with van der Waals surface area (Å²) in [5, 5.41) is 0.0821. The van der Waals surface area contributed by atoms with Crippen LogP contribution in [0.2, 0.25) is 0 Å². The lowest BCUT2D eigenvalue weighted by Gasteiger charge is -2.31. The zero-order valence-electron chi connectivity index (χ0n) is 11.7. The summed E-state index contributed by atoms with van der Waals surface area (Å²) in [6.45, 7) is 1.04. The van der Waals surface area contributed by atoms with Gasteiger partial charge in [-0.1, -0.05) is 30.3 Å². The first kappa shape index (κ1) is 14.2. The maximum Gasteiger partial charge on any atom is 0.262 e. The summed E-state index contributed by atoms with van der Waals surface area (Å²) in [6.07, 6.45) is 2.77. The molecule has 1 fully saturated rings. The first-order valence-electron chi connectivity index (χ1n) is 6.72. The van der Waals surface area contributed by atoms with Crippen LogP contribution in [0.5, 0.6) is 0 Å². The van der Waals surface area contributed by atoms with Crippen molar-refractivity contribution < 1.29 is 13.2 Å². The summed E-state index contributed by atoms with van der Waals surface area (Å²) < 4.78 is 33.9. The van der Waals surface area contributed by atoms with Gasteiger partial charge in [0.15, 0.2) is 5.03 Å². The van der Waals surface area contributed by atoms with Gasteiger partial charge in [-0.05, 0) is 5.56 Å². The van der Waals surface area contributed by atoms with Crippen molar-refractivity contribution in [2.75, 3.05) is 19.7 Å². The molecule has 1 saturated heterocycles. The molecule has 112 valence electrons. The predicted octanol–water partition coefficient (Wildman–Crippen LogP) is 1.18. The molecule has 0 amide bonds. The van der Waals surface area contributed by atoms with Crippen LogP contribution in [0.25, 0.3) is 0 Å². The molecule has 0 aliphatic carbocycles. The molecule has 0 spiro atoms. The summed E-state index contributed by atoms with van der Waals surface area (Å²) in [4.78, 5) is 3.95. The Kier molecular flexibility index (Phi) is 3.79. The smallest absolute Gasteiger partial charge is 0.262 e. The molecular weight excluding hydrogens is 290 g/mol. The third-order valence-corrected chi connectivity index (χ3v) is 5.24. The molecule has 1 aliphatic heterocycles. The number of aromatic nitrogens is 2. The van der Waals surface area contributed by atoms with Gasteiger partial charge in [0.2, 0.25) is 0 Å². The van der Waals surface area contributed by atoms with Crippen LogP contribution in [0.15, 0.2) is 47.9 Å². The molecule has 2 heterocycles. The SMILES string of the molecule is Cn1cnc(S(=O)(=O)N2CCO[C@@H](c3ccccc3)C2)c1.